The molecule has 1 aliphatic rings. The standard InChI is InChI=1S/C15H21ClN2O2/c1-9(2)12-6-11(7-14(16)17-12)15(20)18-5-4-13(19)10(3)8-18/h6-7,9-10,13,19H,4-5,8H2,1-3H3. The van der Waals surface area contributed by atoms with Gasteiger partial charge in [-0.15, -0.1) is 0 Å². The van der Waals surface area contributed by atoms with Gasteiger partial charge >= 0.3 is 0 Å². The average Bonchev–Trinajstić information content (AvgIpc) is 2.40. The maximum atomic E-state index is 12.5. The summed E-state index contributed by atoms with van der Waals surface area (Å²) >= 11 is 6.01. The minimum atomic E-state index is -0.314. The smallest absolute Gasteiger partial charge is 0.254 e. The molecule has 1 aliphatic heterocycles. The van der Waals surface area contributed by atoms with Crippen LogP contribution in [0, 0.1) is 5.92 Å². The van der Waals surface area contributed by atoms with Crippen LogP contribution >= 0.6 is 11.6 Å². The van der Waals surface area contributed by atoms with Crippen molar-refractivity contribution in [3.8, 4) is 0 Å². The number of rotatable bonds is 2. The molecular formula is C15H21ClN2O2. The lowest BCUT2D eigenvalue weighted by atomic mass is 9.96. The zero-order valence-corrected chi connectivity index (χ0v) is 12.9. The van der Waals surface area contributed by atoms with Crippen LogP contribution in [0.15, 0.2) is 12.1 Å². The monoisotopic (exact) mass is 296 g/mol. The highest BCUT2D eigenvalue weighted by Crippen LogP contribution is 2.22. The van der Waals surface area contributed by atoms with Gasteiger partial charge in [-0.2, -0.15) is 0 Å². The predicted octanol–water partition coefficient (Wildman–Crippen LogP) is 2.70. The van der Waals surface area contributed by atoms with Gasteiger partial charge in [0.15, 0.2) is 0 Å². The summed E-state index contributed by atoms with van der Waals surface area (Å²) in [5, 5.41) is 10.1. The number of carbonyl (C=O) groups is 1. The van der Waals surface area contributed by atoms with Crippen molar-refractivity contribution in [3.05, 3.63) is 28.5 Å². The van der Waals surface area contributed by atoms with Crippen molar-refractivity contribution >= 4 is 17.5 Å². The van der Waals surface area contributed by atoms with Gasteiger partial charge in [0.2, 0.25) is 0 Å². The number of aromatic nitrogens is 1. The lowest BCUT2D eigenvalue weighted by Crippen LogP contribution is -2.45. The third-order valence-corrected chi connectivity index (χ3v) is 3.99. The first kappa shape index (κ1) is 15.3. The number of nitrogens with zero attached hydrogens (tertiary/aromatic N) is 2. The van der Waals surface area contributed by atoms with Crippen LogP contribution in [0.1, 0.15) is 49.2 Å². The van der Waals surface area contributed by atoms with Gasteiger partial charge < -0.3 is 10.0 Å². The van der Waals surface area contributed by atoms with Crippen LogP contribution in [0.3, 0.4) is 0 Å². The molecule has 20 heavy (non-hydrogen) atoms. The second-order valence-corrected chi connectivity index (χ2v) is 6.23. The number of pyridine rings is 1. The highest BCUT2D eigenvalue weighted by atomic mass is 35.5. The van der Waals surface area contributed by atoms with Crippen LogP contribution in [0.25, 0.3) is 0 Å². The molecule has 1 amide bonds. The number of aliphatic hydroxyl groups excluding tert-OH is 1. The molecule has 0 aromatic carbocycles. The zero-order valence-electron chi connectivity index (χ0n) is 12.1. The normalized spacial score (nSPS) is 23.2. The zero-order chi connectivity index (χ0) is 14.9. The highest BCUT2D eigenvalue weighted by molar-refractivity contribution is 6.29. The van der Waals surface area contributed by atoms with E-state index in [1.54, 1.807) is 11.0 Å². The second kappa shape index (κ2) is 6.10. The summed E-state index contributed by atoms with van der Waals surface area (Å²) < 4.78 is 0. The van der Waals surface area contributed by atoms with Crippen LogP contribution in [0.2, 0.25) is 5.15 Å². The van der Waals surface area contributed by atoms with Crippen molar-refractivity contribution in [1.82, 2.24) is 9.88 Å². The maximum Gasteiger partial charge on any atom is 0.254 e. The molecule has 110 valence electrons. The molecule has 0 saturated carbocycles. The molecule has 1 saturated heterocycles. The summed E-state index contributed by atoms with van der Waals surface area (Å²) in [6.07, 6.45) is 0.314. The first-order chi connectivity index (χ1) is 9.38. The lowest BCUT2D eigenvalue weighted by molar-refractivity contribution is 0.0297. The SMILES string of the molecule is CC(C)c1cc(C(=O)N2CCC(O)C(C)C2)cc(Cl)n1. The Labute approximate surface area is 124 Å². The maximum absolute atomic E-state index is 12.5. The molecule has 2 atom stereocenters. The minimum Gasteiger partial charge on any atom is -0.393 e. The molecule has 0 radical (unpaired) electrons. The van der Waals surface area contributed by atoms with E-state index in [2.05, 4.69) is 4.98 Å². The Morgan fingerprint density at radius 3 is 2.80 bits per heavy atom. The first-order valence-electron chi connectivity index (χ1n) is 7.03. The average molecular weight is 297 g/mol. The van der Waals surface area contributed by atoms with Gasteiger partial charge in [0.1, 0.15) is 5.15 Å². The Balaban J connectivity index is 2.21. The Morgan fingerprint density at radius 1 is 1.50 bits per heavy atom. The Morgan fingerprint density at radius 2 is 2.20 bits per heavy atom. The topological polar surface area (TPSA) is 53.4 Å². The predicted molar refractivity (Wildman–Crippen MR) is 79.0 cm³/mol. The lowest BCUT2D eigenvalue weighted by Gasteiger charge is -2.34. The van der Waals surface area contributed by atoms with E-state index in [4.69, 9.17) is 11.6 Å². The number of carbonyl (C=O) groups excluding carboxylic acids is 1. The van der Waals surface area contributed by atoms with Gasteiger partial charge in [0.25, 0.3) is 5.91 Å². The van der Waals surface area contributed by atoms with Crippen molar-refractivity contribution in [2.75, 3.05) is 13.1 Å². The fourth-order valence-electron chi connectivity index (χ4n) is 2.44. The molecule has 1 aromatic heterocycles. The van der Waals surface area contributed by atoms with Crippen LogP contribution in [0.5, 0.6) is 0 Å². The number of piperidine rings is 1. The van der Waals surface area contributed by atoms with Crippen molar-refractivity contribution in [3.63, 3.8) is 0 Å². The second-order valence-electron chi connectivity index (χ2n) is 5.84. The summed E-state index contributed by atoms with van der Waals surface area (Å²) in [5.74, 6) is 0.298. The number of amides is 1. The Hall–Kier alpha value is -1.13. The van der Waals surface area contributed by atoms with E-state index in [-0.39, 0.29) is 23.8 Å². The summed E-state index contributed by atoms with van der Waals surface area (Å²) in [5.41, 5.74) is 1.41. The van der Waals surface area contributed by atoms with Gasteiger partial charge in [-0.1, -0.05) is 32.4 Å². The molecule has 0 aliphatic carbocycles. The summed E-state index contributed by atoms with van der Waals surface area (Å²) in [4.78, 5) is 18.6. The Kier molecular flexibility index (Phi) is 4.66. The molecule has 1 N–H and O–H groups in total. The van der Waals surface area contributed by atoms with E-state index in [0.29, 0.717) is 30.2 Å². The largest absolute Gasteiger partial charge is 0.393 e. The van der Waals surface area contributed by atoms with E-state index >= 15 is 0 Å². The highest BCUT2D eigenvalue weighted by Gasteiger charge is 2.28. The molecule has 0 bridgehead atoms. The molecule has 2 rings (SSSR count). The van der Waals surface area contributed by atoms with E-state index in [1.807, 2.05) is 26.8 Å². The number of likely N-dealkylation sites (tertiary alicyclic amines) is 1. The minimum absolute atomic E-state index is 0.0325. The number of hydrogen-bond donors (Lipinski definition) is 1. The van der Waals surface area contributed by atoms with Gasteiger partial charge in [0, 0.05) is 24.3 Å². The molecular weight excluding hydrogens is 276 g/mol. The van der Waals surface area contributed by atoms with Crippen molar-refractivity contribution < 1.29 is 9.90 Å². The fraction of sp³-hybridized carbons (Fsp3) is 0.600. The van der Waals surface area contributed by atoms with Crippen molar-refractivity contribution in [2.24, 2.45) is 5.92 Å². The molecule has 2 unspecified atom stereocenters. The third kappa shape index (κ3) is 3.30. The fourth-order valence-corrected chi connectivity index (χ4v) is 2.65. The summed E-state index contributed by atoms with van der Waals surface area (Å²) in [7, 11) is 0. The van der Waals surface area contributed by atoms with Crippen LogP contribution < -0.4 is 0 Å². The van der Waals surface area contributed by atoms with Crippen molar-refractivity contribution in [2.45, 2.75) is 39.2 Å². The quantitative estimate of drug-likeness (QED) is 0.854. The molecule has 5 heteroatoms. The van der Waals surface area contributed by atoms with Crippen LogP contribution in [-0.2, 0) is 0 Å². The molecule has 1 fully saturated rings. The number of aliphatic hydroxyl groups is 1. The van der Waals surface area contributed by atoms with Gasteiger partial charge in [-0.05, 0) is 30.4 Å². The van der Waals surface area contributed by atoms with Crippen molar-refractivity contribution in [1.29, 1.82) is 0 Å². The van der Waals surface area contributed by atoms with Crippen LogP contribution in [-0.4, -0.2) is 40.1 Å². The Bertz CT molecular complexity index is 505. The number of hydrogen-bond acceptors (Lipinski definition) is 3. The molecule has 0 spiro atoms. The number of halogens is 1. The first-order valence-corrected chi connectivity index (χ1v) is 7.41. The van der Waals surface area contributed by atoms with Gasteiger partial charge in [0.05, 0.1) is 6.10 Å². The molecule has 2 heterocycles. The van der Waals surface area contributed by atoms with E-state index < -0.39 is 0 Å². The molecule has 1 aromatic rings. The van der Waals surface area contributed by atoms with E-state index in [9.17, 15) is 9.90 Å². The molecule has 4 nitrogen and oxygen atoms in total. The van der Waals surface area contributed by atoms with E-state index in [1.165, 1.54) is 0 Å². The van der Waals surface area contributed by atoms with Gasteiger partial charge in [-0.25, -0.2) is 4.98 Å². The summed E-state index contributed by atoms with van der Waals surface area (Å²) in [6, 6.07) is 3.43. The third-order valence-electron chi connectivity index (χ3n) is 3.80. The van der Waals surface area contributed by atoms with Gasteiger partial charge in [-0.3, -0.25) is 4.79 Å². The van der Waals surface area contributed by atoms with E-state index in [0.717, 1.165) is 5.69 Å². The summed E-state index contributed by atoms with van der Waals surface area (Å²) in [6.45, 7) is 7.17. The van der Waals surface area contributed by atoms with Crippen LogP contribution in [0.4, 0.5) is 0 Å².